The van der Waals surface area contributed by atoms with Gasteiger partial charge < -0.3 is 15.6 Å². The number of esters is 1. The molecule has 1 aromatic carbocycles. The highest BCUT2D eigenvalue weighted by molar-refractivity contribution is 7.94. The Labute approximate surface area is 102 Å². The van der Waals surface area contributed by atoms with Crippen LogP contribution in [0.4, 0.5) is 0 Å². The Morgan fingerprint density at radius 2 is 2.11 bits per heavy atom. The van der Waals surface area contributed by atoms with Gasteiger partial charge in [0.2, 0.25) is 0 Å². The van der Waals surface area contributed by atoms with Gasteiger partial charge in [0.05, 0.1) is 6.21 Å². The van der Waals surface area contributed by atoms with E-state index in [4.69, 9.17) is 10.5 Å². The van der Waals surface area contributed by atoms with Crippen LogP contribution >= 0.6 is 0 Å². The number of carbonyl (C=O) groups is 1. The van der Waals surface area contributed by atoms with Crippen LogP contribution in [0.1, 0.15) is 0 Å². The lowest BCUT2D eigenvalue weighted by Crippen LogP contribution is -2.17. The Bertz CT molecular complexity index is 675. The average Bonchev–Trinajstić information content (AvgIpc) is 2.54. The van der Waals surface area contributed by atoms with Crippen LogP contribution in [0.15, 0.2) is 39.3 Å². The van der Waals surface area contributed by atoms with Crippen molar-refractivity contribution in [2.24, 2.45) is 10.1 Å². The van der Waals surface area contributed by atoms with E-state index < -0.39 is 21.0 Å². The van der Waals surface area contributed by atoms with Gasteiger partial charge in [-0.2, -0.15) is 12.8 Å². The van der Waals surface area contributed by atoms with Crippen molar-refractivity contribution in [2.45, 2.75) is 0 Å². The van der Waals surface area contributed by atoms with Gasteiger partial charge >= 0.3 is 5.97 Å². The molecule has 0 amide bonds. The summed E-state index contributed by atoms with van der Waals surface area (Å²) in [6.45, 7) is 0. The Hall–Kier alpha value is -2.35. The molecule has 0 unspecified atom stereocenters. The fraction of sp³-hybridized carbons (Fsp3) is 0. The van der Waals surface area contributed by atoms with Gasteiger partial charge in [-0.1, -0.05) is 6.07 Å². The normalized spacial score (nSPS) is 16.9. The molecule has 0 atom stereocenters. The maximum absolute atomic E-state index is 11.6. The fourth-order valence-corrected chi connectivity index (χ4v) is 2.02. The highest BCUT2D eigenvalue weighted by atomic mass is 32.2. The number of nitrogens with zero attached hydrogens (tertiary/aromatic N) is 1. The molecule has 0 spiro atoms. The highest BCUT2D eigenvalue weighted by Crippen LogP contribution is 2.21. The van der Waals surface area contributed by atoms with Crippen molar-refractivity contribution in [3.8, 4) is 11.5 Å². The molecule has 7 nitrogen and oxygen atoms in total. The second-order valence-corrected chi connectivity index (χ2v) is 4.98. The summed E-state index contributed by atoms with van der Waals surface area (Å²) in [4.78, 5) is 11.6. The largest absolute Gasteiger partial charge is 0.508 e. The number of sulfonamides is 1. The van der Waals surface area contributed by atoms with Gasteiger partial charge in [-0.3, -0.25) is 0 Å². The van der Waals surface area contributed by atoms with Crippen molar-refractivity contribution in [1.29, 1.82) is 0 Å². The summed E-state index contributed by atoms with van der Waals surface area (Å²) in [5.41, 5.74) is 4.92. The molecule has 18 heavy (non-hydrogen) atoms. The first-order valence-corrected chi connectivity index (χ1v) is 6.15. The van der Waals surface area contributed by atoms with Gasteiger partial charge in [-0.15, -0.1) is 0 Å². The first kappa shape index (κ1) is 12.1. The van der Waals surface area contributed by atoms with Crippen molar-refractivity contribution in [3.63, 3.8) is 0 Å². The fourth-order valence-electron chi connectivity index (χ4n) is 1.24. The lowest BCUT2D eigenvalue weighted by molar-refractivity contribution is -0.129. The molecule has 0 aromatic heterocycles. The lowest BCUT2D eigenvalue weighted by atomic mass is 10.3. The van der Waals surface area contributed by atoms with Gasteiger partial charge in [-0.25, -0.2) is 4.79 Å². The van der Waals surface area contributed by atoms with Crippen LogP contribution in [0.3, 0.4) is 0 Å². The van der Waals surface area contributed by atoms with Crippen LogP contribution in [0.5, 0.6) is 11.5 Å². The van der Waals surface area contributed by atoms with E-state index in [0.717, 1.165) is 6.21 Å². The minimum Gasteiger partial charge on any atom is -0.508 e. The van der Waals surface area contributed by atoms with E-state index in [2.05, 4.69) is 4.40 Å². The quantitative estimate of drug-likeness (QED) is 0.570. The molecule has 0 saturated heterocycles. The molecule has 0 radical (unpaired) electrons. The molecule has 0 aliphatic carbocycles. The van der Waals surface area contributed by atoms with Crippen LogP contribution < -0.4 is 10.5 Å². The number of benzene rings is 1. The summed E-state index contributed by atoms with van der Waals surface area (Å²) >= 11 is 0. The molecule has 94 valence electrons. The number of nitrogens with two attached hydrogens (primary N) is 1. The zero-order valence-corrected chi connectivity index (χ0v) is 9.72. The molecular weight excluding hydrogens is 260 g/mol. The van der Waals surface area contributed by atoms with E-state index in [9.17, 15) is 18.3 Å². The number of carbonyl (C=O) groups excluding carboxylic acids is 1. The molecule has 2 rings (SSSR count). The second kappa shape index (κ2) is 4.15. The molecule has 8 heteroatoms. The van der Waals surface area contributed by atoms with Crippen LogP contribution in [0.25, 0.3) is 0 Å². The minimum atomic E-state index is -3.94. The molecule has 1 aliphatic heterocycles. The number of phenols is 1. The predicted octanol–water partition coefficient (Wildman–Crippen LogP) is -0.118. The molecule has 1 aliphatic rings. The molecule has 1 aromatic rings. The third kappa shape index (κ3) is 2.18. The Morgan fingerprint density at radius 3 is 2.67 bits per heavy atom. The predicted molar refractivity (Wildman–Crippen MR) is 62.4 cm³/mol. The number of hydrogen-bond donors (Lipinski definition) is 2. The minimum absolute atomic E-state index is 0.0676. The van der Waals surface area contributed by atoms with Crippen molar-refractivity contribution in [1.82, 2.24) is 0 Å². The van der Waals surface area contributed by atoms with Crippen molar-refractivity contribution in [3.05, 3.63) is 34.9 Å². The van der Waals surface area contributed by atoms with Crippen molar-refractivity contribution in [2.75, 3.05) is 0 Å². The second-order valence-electron chi connectivity index (χ2n) is 3.37. The lowest BCUT2D eigenvalue weighted by Gasteiger charge is -2.03. The third-order valence-corrected chi connectivity index (χ3v) is 3.27. The van der Waals surface area contributed by atoms with E-state index in [1.807, 2.05) is 0 Å². The van der Waals surface area contributed by atoms with Gasteiger partial charge in [0, 0.05) is 6.07 Å². The van der Waals surface area contributed by atoms with Gasteiger partial charge in [0.1, 0.15) is 17.1 Å². The van der Waals surface area contributed by atoms with Crippen LogP contribution in [0, 0.1) is 0 Å². The Morgan fingerprint density at radius 1 is 1.39 bits per heavy atom. The number of ether oxygens (including phenoxy) is 1. The smallest absolute Gasteiger partial charge is 0.348 e. The monoisotopic (exact) mass is 268 g/mol. The Kier molecular flexibility index (Phi) is 2.79. The van der Waals surface area contributed by atoms with E-state index >= 15 is 0 Å². The average molecular weight is 268 g/mol. The first-order chi connectivity index (χ1) is 8.40. The van der Waals surface area contributed by atoms with Crippen molar-refractivity contribution >= 4 is 22.2 Å². The van der Waals surface area contributed by atoms with Crippen molar-refractivity contribution < 1.29 is 23.1 Å². The first-order valence-electron chi connectivity index (χ1n) is 4.71. The summed E-state index contributed by atoms with van der Waals surface area (Å²) in [7, 11) is -3.94. The number of hydrogen-bond acceptors (Lipinski definition) is 6. The Balaban J connectivity index is 2.25. The number of rotatable bonds is 2. The van der Waals surface area contributed by atoms with Gasteiger partial charge in [0.15, 0.2) is 5.03 Å². The summed E-state index contributed by atoms with van der Waals surface area (Å²) < 4.78 is 30.3. The van der Waals surface area contributed by atoms with E-state index in [1.165, 1.54) is 24.3 Å². The van der Waals surface area contributed by atoms with E-state index in [1.54, 1.807) is 0 Å². The molecular formula is C10H8N2O5S. The number of aromatic hydroxyl groups is 1. The van der Waals surface area contributed by atoms with Crippen LogP contribution in [-0.4, -0.2) is 25.7 Å². The number of phenolic OH excluding ortho intramolecular Hbond substituents is 1. The zero-order valence-electron chi connectivity index (χ0n) is 8.90. The SMILES string of the molecule is NC1=C(C(=O)Oc2cccc(O)c2)C=NS1(=O)=O. The summed E-state index contributed by atoms with van der Waals surface area (Å²) in [6, 6.07) is 5.49. The van der Waals surface area contributed by atoms with Crippen LogP contribution in [0.2, 0.25) is 0 Å². The molecule has 0 saturated carbocycles. The molecule has 0 fully saturated rings. The van der Waals surface area contributed by atoms with Gasteiger partial charge in [-0.05, 0) is 12.1 Å². The maximum atomic E-state index is 11.6. The molecule has 1 heterocycles. The standard InChI is InChI=1S/C10H8N2O5S/c11-9-8(5-12-18(9,15)16)10(14)17-7-3-1-2-6(13)4-7/h1-5,13H,11H2. The summed E-state index contributed by atoms with van der Waals surface area (Å²) in [6.07, 6.45) is 0.829. The molecule has 0 bridgehead atoms. The van der Waals surface area contributed by atoms with E-state index in [-0.39, 0.29) is 17.1 Å². The zero-order chi connectivity index (χ0) is 13.3. The topological polar surface area (TPSA) is 119 Å². The maximum Gasteiger partial charge on any atom is 0.348 e. The van der Waals surface area contributed by atoms with E-state index in [0.29, 0.717) is 0 Å². The highest BCUT2D eigenvalue weighted by Gasteiger charge is 2.28. The third-order valence-electron chi connectivity index (χ3n) is 2.11. The van der Waals surface area contributed by atoms with Crippen LogP contribution in [-0.2, 0) is 14.8 Å². The van der Waals surface area contributed by atoms with Gasteiger partial charge in [0.25, 0.3) is 10.0 Å². The summed E-state index contributed by atoms with van der Waals surface area (Å²) in [5.74, 6) is -0.976. The molecule has 3 N–H and O–H groups in total. The summed E-state index contributed by atoms with van der Waals surface area (Å²) in [5, 5.41) is 8.53.